The fourth-order valence-electron chi connectivity index (χ4n) is 3.47. The monoisotopic (exact) mass is 364 g/mol. The van der Waals surface area contributed by atoms with Crippen molar-refractivity contribution in [3.05, 3.63) is 65.9 Å². The van der Waals surface area contributed by atoms with E-state index in [9.17, 15) is 4.79 Å². The highest BCUT2D eigenvalue weighted by Gasteiger charge is 2.19. The molecule has 4 heteroatoms. The largest absolute Gasteiger partial charge is 0.497 e. The van der Waals surface area contributed by atoms with Crippen LogP contribution in [-0.2, 0) is 4.79 Å². The molecule has 0 aliphatic rings. The van der Waals surface area contributed by atoms with Crippen molar-refractivity contribution in [1.82, 2.24) is 10.3 Å². The van der Waals surface area contributed by atoms with Crippen molar-refractivity contribution in [3.63, 3.8) is 0 Å². The lowest BCUT2D eigenvalue weighted by molar-refractivity contribution is -0.121. The Morgan fingerprint density at radius 1 is 1.11 bits per heavy atom. The van der Waals surface area contributed by atoms with E-state index in [1.165, 1.54) is 10.9 Å². The summed E-state index contributed by atoms with van der Waals surface area (Å²) in [4.78, 5) is 15.6. The first kappa shape index (κ1) is 19.0. The van der Waals surface area contributed by atoms with E-state index in [0.717, 1.165) is 36.1 Å². The topological polar surface area (TPSA) is 54.1 Å². The number of ether oxygens (including phenoxy) is 1. The molecule has 1 atom stereocenters. The first-order chi connectivity index (χ1) is 13.2. The van der Waals surface area contributed by atoms with Crippen molar-refractivity contribution >= 4 is 16.8 Å². The predicted molar refractivity (Wildman–Crippen MR) is 110 cm³/mol. The zero-order chi connectivity index (χ0) is 19.1. The van der Waals surface area contributed by atoms with Gasteiger partial charge in [-0.05, 0) is 35.7 Å². The van der Waals surface area contributed by atoms with E-state index < -0.39 is 0 Å². The van der Waals surface area contributed by atoms with Crippen molar-refractivity contribution in [2.75, 3.05) is 13.7 Å². The molecule has 0 spiro atoms. The maximum Gasteiger partial charge on any atom is 0.220 e. The first-order valence-corrected chi connectivity index (χ1v) is 9.69. The molecule has 1 amide bonds. The Labute approximate surface area is 160 Å². The lowest BCUT2D eigenvalue weighted by atomic mass is 9.90. The number of fused-ring (bicyclic) bond motifs is 1. The maximum atomic E-state index is 12.2. The van der Waals surface area contributed by atoms with E-state index in [0.29, 0.717) is 13.0 Å². The number of hydrogen-bond acceptors (Lipinski definition) is 2. The van der Waals surface area contributed by atoms with E-state index in [-0.39, 0.29) is 11.8 Å². The Hall–Kier alpha value is -2.75. The quantitative estimate of drug-likeness (QED) is 0.525. The van der Waals surface area contributed by atoms with Gasteiger partial charge in [-0.3, -0.25) is 4.79 Å². The van der Waals surface area contributed by atoms with Crippen molar-refractivity contribution in [1.29, 1.82) is 0 Å². The fraction of sp³-hybridized carbons (Fsp3) is 0.348. The molecule has 0 saturated heterocycles. The highest BCUT2D eigenvalue weighted by atomic mass is 16.5. The first-order valence-electron chi connectivity index (χ1n) is 9.69. The molecule has 0 bridgehead atoms. The number of unbranched alkanes of at least 4 members (excludes halogenated alkanes) is 2. The molecular formula is C23H28N2O2. The number of benzene rings is 2. The zero-order valence-corrected chi connectivity index (χ0v) is 16.1. The number of para-hydroxylation sites is 1. The highest BCUT2D eigenvalue weighted by Crippen LogP contribution is 2.31. The van der Waals surface area contributed by atoms with Crippen molar-refractivity contribution in [2.24, 2.45) is 0 Å². The van der Waals surface area contributed by atoms with Gasteiger partial charge < -0.3 is 15.0 Å². The minimum atomic E-state index is 0.0854. The van der Waals surface area contributed by atoms with Crippen molar-refractivity contribution in [2.45, 2.75) is 38.5 Å². The molecule has 2 aromatic carbocycles. The van der Waals surface area contributed by atoms with Gasteiger partial charge in [0.25, 0.3) is 0 Å². The van der Waals surface area contributed by atoms with E-state index in [1.807, 2.05) is 24.3 Å². The molecule has 1 unspecified atom stereocenters. The molecule has 4 nitrogen and oxygen atoms in total. The molecule has 0 saturated carbocycles. The summed E-state index contributed by atoms with van der Waals surface area (Å²) in [7, 11) is 1.67. The van der Waals surface area contributed by atoms with Gasteiger partial charge in [-0.25, -0.2) is 0 Å². The Bertz CT molecular complexity index is 867. The van der Waals surface area contributed by atoms with E-state index in [4.69, 9.17) is 4.74 Å². The number of aromatic amines is 1. The average molecular weight is 364 g/mol. The Morgan fingerprint density at radius 2 is 1.89 bits per heavy atom. The smallest absolute Gasteiger partial charge is 0.220 e. The van der Waals surface area contributed by atoms with Crippen LogP contribution >= 0.6 is 0 Å². The molecule has 27 heavy (non-hydrogen) atoms. The number of aromatic nitrogens is 1. The summed E-state index contributed by atoms with van der Waals surface area (Å²) in [6.45, 7) is 2.73. The fourth-order valence-corrected chi connectivity index (χ4v) is 3.47. The molecule has 1 aromatic heterocycles. The van der Waals surface area contributed by atoms with Crippen molar-refractivity contribution < 1.29 is 9.53 Å². The normalized spacial score (nSPS) is 12.1. The number of methoxy groups -OCH3 is 1. The molecule has 142 valence electrons. The van der Waals surface area contributed by atoms with Crippen LogP contribution in [-0.4, -0.2) is 24.5 Å². The van der Waals surface area contributed by atoms with Crippen LogP contribution in [0.1, 0.15) is 49.7 Å². The molecule has 0 radical (unpaired) electrons. The van der Waals surface area contributed by atoms with Crippen LogP contribution in [0.25, 0.3) is 10.9 Å². The number of hydrogen-bond donors (Lipinski definition) is 2. The highest BCUT2D eigenvalue weighted by molar-refractivity contribution is 5.84. The van der Waals surface area contributed by atoms with Crippen LogP contribution in [0.5, 0.6) is 5.75 Å². The van der Waals surface area contributed by atoms with Crippen LogP contribution in [0.3, 0.4) is 0 Å². The molecule has 1 heterocycles. The van der Waals surface area contributed by atoms with Gasteiger partial charge in [-0.15, -0.1) is 0 Å². The van der Waals surface area contributed by atoms with E-state index >= 15 is 0 Å². The van der Waals surface area contributed by atoms with Crippen LogP contribution in [0.4, 0.5) is 0 Å². The second kappa shape index (κ2) is 9.26. The second-order valence-electron chi connectivity index (χ2n) is 6.88. The third-order valence-corrected chi connectivity index (χ3v) is 5.03. The van der Waals surface area contributed by atoms with E-state index in [1.54, 1.807) is 7.11 Å². The number of amides is 1. The summed E-state index contributed by atoms with van der Waals surface area (Å²) in [6.07, 6.45) is 5.82. The lowest BCUT2D eigenvalue weighted by Gasteiger charge is -2.18. The number of H-pyrrole nitrogens is 1. The molecular weight excluding hydrogens is 336 g/mol. The van der Waals surface area contributed by atoms with Gasteiger partial charge in [0.15, 0.2) is 0 Å². The number of carbonyl (C=O) groups is 1. The third kappa shape index (κ3) is 4.70. The Kier molecular flexibility index (Phi) is 6.53. The molecule has 2 N–H and O–H groups in total. The summed E-state index contributed by atoms with van der Waals surface area (Å²) in [5, 5.41) is 4.33. The SMILES string of the molecule is CCCCCC(=O)NCC(c1ccc(OC)cc1)c1c[nH]c2ccccc12. The van der Waals surface area contributed by atoms with Crippen LogP contribution in [0, 0.1) is 0 Å². The minimum absolute atomic E-state index is 0.0854. The average Bonchev–Trinajstić information content (AvgIpc) is 3.13. The second-order valence-corrected chi connectivity index (χ2v) is 6.88. The van der Waals surface area contributed by atoms with E-state index in [2.05, 4.69) is 47.7 Å². The van der Waals surface area contributed by atoms with Gasteiger partial charge in [0.1, 0.15) is 5.75 Å². The Morgan fingerprint density at radius 3 is 2.63 bits per heavy atom. The molecule has 0 fully saturated rings. The zero-order valence-electron chi connectivity index (χ0n) is 16.1. The lowest BCUT2D eigenvalue weighted by Crippen LogP contribution is -2.28. The van der Waals surface area contributed by atoms with Gasteiger partial charge in [0.05, 0.1) is 7.11 Å². The summed E-state index contributed by atoms with van der Waals surface area (Å²) in [5.74, 6) is 1.05. The van der Waals surface area contributed by atoms with Crippen LogP contribution < -0.4 is 10.1 Å². The van der Waals surface area contributed by atoms with Gasteiger partial charge in [0, 0.05) is 36.0 Å². The summed E-state index contributed by atoms with van der Waals surface area (Å²) in [6, 6.07) is 16.4. The molecule has 0 aliphatic carbocycles. The van der Waals surface area contributed by atoms with Gasteiger partial charge in [-0.1, -0.05) is 50.1 Å². The summed E-state index contributed by atoms with van der Waals surface area (Å²) < 4.78 is 5.29. The Balaban J connectivity index is 1.83. The summed E-state index contributed by atoms with van der Waals surface area (Å²) in [5.41, 5.74) is 3.47. The molecule has 3 aromatic rings. The molecule has 3 rings (SSSR count). The number of carbonyl (C=O) groups excluding carboxylic acids is 1. The van der Waals surface area contributed by atoms with Gasteiger partial charge >= 0.3 is 0 Å². The molecule has 0 aliphatic heterocycles. The standard InChI is InChI=1S/C23H28N2O2/c1-3-4-5-10-23(26)25-15-20(17-11-13-18(27-2)14-12-17)21-16-24-22-9-7-6-8-19(21)22/h6-9,11-14,16,20,24H,3-5,10,15H2,1-2H3,(H,25,26). The van der Waals surface area contributed by atoms with Crippen LogP contribution in [0.2, 0.25) is 0 Å². The minimum Gasteiger partial charge on any atom is -0.497 e. The maximum absolute atomic E-state index is 12.2. The van der Waals surface area contributed by atoms with Gasteiger partial charge in [-0.2, -0.15) is 0 Å². The number of nitrogens with one attached hydrogen (secondary N) is 2. The van der Waals surface area contributed by atoms with Gasteiger partial charge in [0.2, 0.25) is 5.91 Å². The summed E-state index contributed by atoms with van der Waals surface area (Å²) >= 11 is 0. The van der Waals surface area contributed by atoms with Crippen LogP contribution in [0.15, 0.2) is 54.7 Å². The predicted octanol–water partition coefficient (Wildman–Crippen LogP) is 5.00. The third-order valence-electron chi connectivity index (χ3n) is 5.03. The van der Waals surface area contributed by atoms with Crippen molar-refractivity contribution in [3.8, 4) is 5.75 Å². The number of rotatable bonds is 9.